The number of hydrogen-bond donors (Lipinski definition) is 1. The Morgan fingerprint density at radius 2 is 1.88 bits per heavy atom. The Morgan fingerprint density at radius 3 is 2.44 bits per heavy atom. The van der Waals surface area contributed by atoms with Crippen LogP contribution in [0, 0.1) is 0 Å². The molecule has 0 spiro atoms. The van der Waals surface area contributed by atoms with E-state index in [4.69, 9.17) is 9.47 Å². The second kappa shape index (κ2) is 3.93. The molecule has 2 rings (SSSR count). The Hall–Kier alpha value is -0.740. The summed E-state index contributed by atoms with van der Waals surface area (Å²) in [6.07, 6.45) is 0. The second-order valence-corrected chi connectivity index (χ2v) is 5.36. The molecular weight excluding hydrogens is 272 g/mol. The zero-order valence-corrected chi connectivity index (χ0v) is 11.2. The normalized spacial score (nSPS) is 18.6. The van der Waals surface area contributed by atoms with Crippen molar-refractivity contribution in [2.45, 2.75) is 32.5 Å². The van der Waals surface area contributed by atoms with E-state index < -0.39 is 5.79 Å². The van der Waals surface area contributed by atoms with Crippen LogP contribution < -0.4 is 9.47 Å². The number of aliphatic hydroxyl groups excluding tert-OH is 1. The number of hydrogen-bond acceptors (Lipinski definition) is 3. The molecule has 1 aliphatic heterocycles. The molecule has 1 aromatic carbocycles. The van der Waals surface area contributed by atoms with Gasteiger partial charge in [-0.3, -0.25) is 0 Å². The highest BCUT2D eigenvalue weighted by Crippen LogP contribution is 2.43. The van der Waals surface area contributed by atoms with Gasteiger partial charge in [-0.15, -0.1) is 0 Å². The largest absolute Gasteiger partial charge is 0.449 e. The lowest BCUT2D eigenvalue weighted by Crippen LogP contribution is -2.29. The average molecular weight is 287 g/mol. The SMILES string of the molecule is CC(CO)c1cc2c(cc1Br)OC(C)(C)O2. The van der Waals surface area contributed by atoms with Crippen LogP contribution in [0.2, 0.25) is 0 Å². The van der Waals surface area contributed by atoms with E-state index in [1.807, 2.05) is 32.9 Å². The van der Waals surface area contributed by atoms with Gasteiger partial charge in [-0.2, -0.15) is 0 Å². The molecule has 1 N–H and O–H groups in total. The van der Waals surface area contributed by atoms with Gasteiger partial charge in [0.25, 0.3) is 0 Å². The van der Waals surface area contributed by atoms with E-state index in [1.54, 1.807) is 0 Å². The third kappa shape index (κ3) is 2.04. The lowest BCUT2D eigenvalue weighted by Gasteiger charge is -2.16. The molecule has 16 heavy (non-hydrogen) atoms. The molecule has 1 atom stereocenters. The minimum absolute atomic E-state index is 0.0759. The molecule has 0 saturated carbocycles. The molecule has 1 aliphatic rings. The first-order valence-corrected chi connectivity index (χ1v) is 6.04. The summed E-state index contributed by atoms with van der Waals surface area (Å²) < 4.78 is 12.2. The van der Waals surface area contributed by atoms with Crippen molar-refractivity contribution in [2.75, 3.05) is 6.61 Å². The van der Waals surface area contributed by atoms with Crippen molar-refractivity contribution in [3.05, 3.63) is 22.2 Å². The summed E-state index contributed by atoms with van der Waals surface area (Å²) in [5.74, 6) is 0.948. The van der Waals surface area contributed by atoms with Crippen LogP contribution in [0.3, 0.4) is 0 Å². The van der Waals surface area contributed by atoms with Gasteiger partial charge in [-0.05, 0) is 17.7 Å². The summed E-state index contributed by atoms with van der Waals surface area (Å²) in [7, 11) is 0. The van der Waals surface area contributed by atoms with Crippen LogP contribution in [0.5, 0.6) is 11.5 Å². The first-order valence-electron chi connectivity index (χ1n) is 5.25. The Morgan fingerprint density at radius 1 is 1.31 bits per heavy atom. The van der Waals surface area contributed by atoms with E-state index in [9.17, 15) is 5.11 Å². The molecule has 1 unspecified atom stereocenters. The van der Waals surface area contributed by atoms with E-state index in [0.29, 0.717) is 0 Å². The number of benzene rings is 1. The van der Waals surface area contributed by atoms with Crippen LogP contribution in [0.1, 0.15) is 32.3 Å². The maximum Gasteiger partial charge on any atom is 0.246 e. The highest BCUT2D eigenvalue weighted by Gasteiger charge is 2.32. The number of aliphatic hydroxyl groups is 1. The lowest BCUT2D eigenvalue weighted by atomic mass is 10.0. The summed E-state index contributed by atoms with van der Waals surface area (Å²) in [6, 6.07) is 3.82. The monoisotopic (exact) mass is 286 g/mol. The lowest BCUT2D eigenvalue weighted by molar-refractivity contribution is -0.0431. The Labute approximate surface area is 104 Å². The fourth-order valence-electron chi connectivity index (χ4n) is 1.74. The van der Waals surface area contributed by atoms with Gasteiger partial charge in [0, 0.05) is 30.8 Å². The van der Waals surface area contributed by atoms with E-state index in [2.05, 4.69) is 15.9 Å². The van der Waals surface area contributed by atoms with Gasteiger partial charge in [0.15, 0.2) is 11.5 Å². The van der Waals surface area contributed by atoms with Crippen LogP contribution in [0.25, 0.3) is 0 Å². The third-order valence-electron chi connectivity index (χ3n) is 2.58. The quantitative estimate of drug-likeness (QED) is 0.908. The molecule has 0 fully saturated rings. The highest BCUT2D eigenvalue weighted by atomic mass is 79.9. The van der Waals surface area contributed by atoms with Crippen molar-refractivity contribution in [1.29, 1.82) is 0 Å². The molecule has 0 aromatic heterocycles. The molecule has 88 valence electrons. The van der Waals surface area contributed by atoms with Crippen molar-refractivity contribution >= 4 is 15.9 Å². The molecule has 3 nitrogen and oxygen atoms in total. The van der Waals surface area contributed by atoms with Crippen LogP contribution in [-0.2, 0) is 0 Å². The van der Waals surface area contributed by atoms with Crippen LogP contribution in [0.15, 0.2) is 16.6 Å². The van der Waals surface area contributed by atoms with Crippen molar-refractivity contribution in [3.8, 4) is 11.5 Å². The number of fused-ring (bicyclic) bond motifs is 1. The Balaban J connectivity index is 2.41. The summed E-state index contributed by atoms with van der Waals surface area (Å²) >= 11 is 3.48. The van der Waals surface area contributed by atoms with Gasteiger partial charge in [0.2, 0.25) is 5.79 Å². The molecule has 1 aromatic rings. The molecule has 1 heterocycles. The second-order valence-electron chi connectivity index (χ2n) is 4.51. The maximum atomic E-state index is 9.17. The standard InChI is InChI=1S/C12H15BrO3/c1-7(6-14)8-4-10-11(5-9(8)13)16-12(2,3)15-10/h4-5,7,14H,6H2,1-3H3. The van der Waals surface area contributed by atoms with Crippen molar-refractivity contribution < 1.29 is 14.6 Å². The molecule has 0 amide bonds. The van der Waals surface area contributed by atoms with Crippen molar-refractivity contribution in [1.82, 2.24) is 0 Å². The van der Waals surface area contributed by atoms with Crippen molar-refractivity contribution in [2.24, 2.45) is 0 Å². The van der Waals surface area contributed by atoms with Gasteiger partial charge in [-0.1, -0.05) is 22.9 Å². The predicted molar refractivity (Wildman–Crippen MR) is 65.0 cm³/mol. The summed E-state index contributed by atoms with van der Waals surface area (Å²) in [4.78, 5) is 0. The smallest absolute Gasteiger partial charge is 0.246 e. The minimum Gasteiger partial charge on any atom is -0.449 e. The van der Waals surface area contributed by atoms with Crippen molar-refractivity contribution in [3.63, 3.8) is 0 Å². The number of ether oxygens (including phenoxy) is 2. The van der Waals surface area contributed by atoms with Crippen LogP contribution in [0.4, 0.5) is 0 Å². The third-order valence-corrected chi connectivity index (χ3v) is 3.27. The molecule has 0 radical (unpaired) electrons. The summed E-state index contributed by atoms with van der Waals surface area (Å²) in [6.45, 7) is 5.82. The van der Waals surface area contributed by atoms with Gasteiger partial charge < -0.3 is 14.6 Å². The van der Waals surface area contributed by atoms with E-state index in [0.717, 1.165) is 21.5 Å². The summed E-state index contributed by atoms with van der Waals surface area (Å²) in [5.41, 5.74) is 1.03. The highest BCUT2D eigenvalue weighted by molar-refractivity contribution is 9.10. The van der Waals surface area contributed by atoms with E-state index in [1.165, 1.54) is 0 Å². The molecule has 4 heteroatoms. The fourth-order valence-corrected chi connectivity index (χ4v) is 2.45. The molecule has 0 aliphatic carbocycles. The number of rotatable bonds is 2. The van der Waals surface area contributed by atoms with Gasteiger partial charge in [-0.25, -0.2) is 0 Å². The maximum absolute atomic E-state index is 9.17. The minimum atomic E-state index is -0.608. The fraction of sp³-hybridized carbons (Fsp3) is 0.500. The Bertz CT molecular complexity index is 415. The van der Waals surface area contributed by atoms with Gasteiger partial charge >= 0.3 is 0 Å². The molecule has 0 saturated heterocycles. The summed E-state index contributed by atoms with van der Waals surface area (Å²) in [5, 5.41) is 9.17. The molecular formula is C12H15BrO3. The zero-order valence-electron chi connectivity index (χ0n) is 9.58. The van der Waals surface area contributed by atoms with Gasteiger partial charge in [0.05, 0.1) is 0 Å². The average Bonchev–Trinajstić information content (AvgIpc) is 2.48. The van der Waals surface area contributed by atoms with Crippen LogP contribution in [-0.4, -0.2) is 17.5 Å². The molecule has 0 bridgehead atoms. The first kappa shape index (κ1) is 11.7. The van der Waals surface area contributed by atoms with E-state index >= 15 is 0 Å². The zero-order chi connectivity index (χ0) is 11.9. The Kier molecular flexibility index (Phi) is 2.88. The first-order chi connectivity index (χ1) is 7.43. The number of halogens is 1. The van der Waals surface area contributed by atoms with Gasteiger partial charge in [0.1, 0.15) is 0 Å². The predicted octanol–water partition coefficient (Wildman–Crippen LogP) is 3.05. The topological polar surface area (TPSA) is 38.7 Å². The van der Waals surface area contributed by atoms with Crippen LogP contribution >= 0.6 is 15.9 Å². The van der Waals surface area contributed by atoms with E-state index in [-0.39, 0.29) is 12.5 Å².